The number of halogens is 2. The van der Waals surface area contributed by atoms with Crippen LogP contribution in [-0.2, 0) is 13.2 Å². The first kappa shape index (κ1) is 28.8. The summed E-state index contributed by atoms with van der Waals surface area (Å²) < 4.78 is 12.8. The Bertz CT molecular complexity index is 1760. The van der Waals surface area contributed by atoms with E-state index in [4.69, 9.17) is 21.1 Å². The van der Waals surface area contributed by atoms with Crippen molar-refractivity contribution >= 4 is 44.8 Å². The molecule has 5 aromatic rings. The van der Waals surface area contributed by atoms with E-state index in [1.165, 1.54) is 0 Å². The maximum Gasteiger partial charge on any atom is 0.262 e. The molecule has 1 aliphatic heterocycles. The quantitative estimate of drug-likeness (QED) is 0.167. The van der Waals surface area contributed by atoms with Gasteiger partial charge in [-0.1, -0.05) is 90.0 Å². The van der Waals surface area contributed by atoms with E-state index in [9.17, 15) is 4.79 Å². The number of carbonyl (C=O) groups excluding carboxylic acids is 1. The molecule has 0 fully saturated rings. The number of nitrogens with zero attached hydrogens (tertiary/aromatic N) is 2. The third-order valence-corrected chi connectivity index (χ3v) is 8.55. The highest BCUT2D eigenvalue weighted by Crippen LogP contribution is 2.46. The van der Waals surface area contributed by atoms with Crippen LogP contribution in [0.5, 0.6) is 11.5 Å². The summed E-state index contributed by atoms with van der Waals surface area (Å²) in [4.78, 5) is 18.4. The molecule has 1 aliphatic rings. The zero-order valence-corrected chi connectivity index (χ0v) is 26.2. The highest BCUT2D eigenvalue weighted by atomic mass is 79.9. The van der Waals surface area contributed by atoms with E-state index in [0.29, 0.717) is 33.1 Å². The molecule has 5 aromatic carbocycles. The van der Waals surface area contributed by atoms with Gasteiger partial charge in [-0.3, -0.25) is 9.69 Å². The van der Waals surface area contributed by atoms with Crippen LogP contribution in [0, 0.1) is 6.92 Å². The molecule has 0 spiro atoms. The van der Waals surface area contributed by atoms with Crippen LogP contribution in [0.25, 0.3) is 0 Å². The Morgan fingerprint density at radius 1 is 0.860 bits per heavy atom. The first-order valence-electron chi connectivity index (χ1n) is 14.0. The maximum absolute atomic E-state index is 14.3. The molecule has 5 nitrogen and oxygen atoms in total. The molecule has 7 heteroatoms. The van der Waals surface area contributed by atoms with E-state index in [1.807, 2.05) is 115 Å². The Balaban J connectivity index is 1.49. The number of anilines is 2. The number of para-hydroxylation sites is 1. The van der Waals surface area contributed by atoms with Gasteiger partial charge in [0.1, 0.15) is 12.8 Å². The first-order chi connectivity index (χ1) is 20.9. The molecule has 216 valence electrons. The third kappa shape index (κ3) is 5.85. The number of methoxy groups -OCH3 is 1. The molecule has 1 amide bonds. The van der Waals surface area contributed by atoms with Gasteiger partial charge >= 0.3 is 0 Å². The molecule has 0 unspecified atom stereocenters. The summed E-state index contributed by atoms with van der Waals surface area (Å²) in [5.41, 5.74) is 6.33. The Labute approximate surface area is 265 Å². The van der Waals surface area contributed by atoms with Gasteiger partial charge in [-0.2, -0.15) is 0 Å². The van der Waals surface area contributed by atoms with E-state index < -0.39 is 6.17 Å². The second kappa shape index (κ2) is 12.5. The number of hydrogen-bond acceptors (Lipinski definition) is 4. The van der Waals surface area contributed by atoms with Gasteiger partial charge in [-0.25, -0.2) is 0 Å². The van der Waals surface area contributed by atoms with Crippen LogP contribution < -0.4 is 19.3 Å². The number of ether oxygens (including phenoxy) is 2. The van der Waals surface area contributed by atoms with Crippen LogP contribution in [0.1, 0.15) is 38.8 Å². The predicted octanol–water partition coefficient (Wildman–Crippen LogP) is 9.36. The van der Waals surface area contributed by atoms with Crippen molar-refractivity contribution in [2.45, 2.75) is 26.2 Å². The van der Waals surface area contributed by atoms with E-state index in [2.05, 4.69) is 33.0 Å². The van der Waals surface area contributed by atoms with Gasteiger partial charge in [0.25, 0.3) is 5.91 Å². The molecule has 1 atom stereocenters. The van der Waals surface area contributed by atoms with Crippen molar-refractivity contribution in [3.05, 3.63) is 153 Å². The summed E-state index contributed by atoms with van der Waals surface area (Å²) in [7, 11) is 1.62. The summed E-state index contributed by atoms with van der Waals surface area (Å²) in [6.07, 6.45) is -0.479. The summed E-state index contributed by atoms with van der Waals surface area (Å²) >= 11 is 10.1. The fourth-order valence-corrected chi connectivity index (χ4v) is 6.22. The average Bonchev–Trinajstić information content (AvgIpc) is 3.03. The molecule has 0 aromatic heterocycles. The molecule has 0 bridgehead atoms. The lowest BCUT2D eigenvalue weighted by atomic mass is 9.98. The summed E-state index contributed by atoms with van der Waals surface area (Å²) in [6, 6.07) is 37.7. The molecular weight excluding hydrogens is 624 g/mol. The summed E-state index contributed by atoms with van der Waals surface area (Å²) in [5.74, 6) is 1.04. The Kier molecular flexibility index (Phi) is 8.41. The lowest BCUT2D eigenvalue weighted by Crippen LogP contribution is -2.49. The minimum atomic E-state index is -0.479. The SMILES string of the molecule is COc1cc([C@@H]2N(Cc3ccccc3)c3ccccc3C(=O)N2c2ccc(C)cc2)cc(Br)c1OCc1ccccc1Cl. The van der Waals surface area contributed by atoms with E-state index in [1.54, 1.807) is 7.11 Å². The van der Waals surface area contributed by atoms with Crippen molar-refractivity contribution in [1.29, 1.82) is 0 Å². The lowest BCUT2D eigenvalue weighted by Gasteiger charge is -2.46. The van der Waals surface area contributed by atoms with E-state index in [0.717, 1.165) is 33.6 Å². The van der Waals surface area contributed by atoms with Crippen molar-refractivity contribution in [3.8, 4) is 11.5 Å². The predicted molar refractivity (Wildman–Crippen MR) is 176 cm³/mol. The minimum Gasteiger partial charge on any atom is -0.493 e. The fourth-order valence-electron chi connectivity index (χ4n) is 5.46. The molecule has 0 saturated heterocycles. The Morgan fingerprint density at radius 2 is 1.56 bits per heavy atom. The van der Waals surface area contributed by atoms with Crippen LogP contribution in [0.3, 0.4) is 0 Å². The number of amides is 1. The van der Waals surface area contributed by atoms with E-state index in [-0.39, 0.29) is 12.5 Å². The van der Waals surface area contributed by atoms with Gasteiger partial charge < -0.3 is 14.4 Å². The standard InChI is InChI=1S/C36H30BrClN2O3/c1-24-16-18-28(19-17-24)40-35(39(22-25-10-4-3-5-11-25)32-15-9-7-13-29(32)36(40)41)27-20-30(37)34(33(21-27)42-2)43-23-26-12-6-8-14-31(26)38/h3-21,35H,22-23H2,1-2H3/t35-/m1/s1. The normalized spacial score (nSPS) is 14.4. The van der Waals surface area contributed by atoms with Gasteiger partial charge in [0.05, 0.1) is 22.8 Å². The van der Waals surface area contributed by atoms with Crippen LogP contribution in [0.15, 0.2) is 120 Å². The molecule has 0 radical (unpaired) electrons. The van der Waals surface area contributed by atoms with Crippen molar-refractivity contribution in [1.82, 2.24) is 0 Å². The van der Waals surface area contributed by atoms with Crippen molar-refractivity contribution in [3.63, 3.8) is 0 Å². The highest BCUT2D eigenvalue weighted by Gasteiger charge is 2.40. The zero-order chi connectivity index (χ0) is 29.9. The number of fused-ring (bicyclic) bond motifs is 1. The number of rotatable bonds is 8. The van der Waals surface area contributed by atoms with Gasteiger partial charge in [0.15, 0.2) is 11.5 Å². The monoisotopic (exact) mass is 652 g/mol. The number of carbonyl (C=O) groups is 1. The van der Waals surface area contributed by atoms with Crippen LogP contribution in [-0.4, -0.2) is 13.0 Å². The molecule has 43 heavy (non-hydrogen) atoms. The van der Waals surface area contributed by atoms with Crippen LogP contribution in [0.2, 0.25) is 5.02 Å². The Morgan fingerprint density at radius 3 is 2.30 bits per heavy atom. The van der Waals surface area contributed by atoms with Gasteiger partial charge in [0, 0.05) is 28.4 Å². The number of hydrogen-bond donors (Lipinski definition) is 0. The van der Waals surface area contributed by atoms with Crippen molar-refractivity contribution in [2.24, 2.45) is 0 Å². The average molecular weight is 654 g/mol. The summed E-state index contributed by atoms with van der Waals surface area (Å²) in [6.45, 7) is 2.90. The topological polar surface area (TPSA) is 42.0 Å². The van der Waals surface area contributed by atoms with Gasteiger partial charge in [0.2, 0.25) is 0 Å². The third-order valence-electron chi connectivity index (χ3n) is 7.59. The molecular formula is C36H30BrClN2O3. The van der Waals surface area contributed by atoms with E-state index >= 15 is 0 Å². The minimum absolute atomic E-state index is 0.0668. The van der Waals surface area contributed by atoms with Crippen molar-refractivity contribution < 1.29 is 14.3 Å². The molecule has 0 saturated carbocycles. The largest absolute Gasteiger partial charge is 0.493 e. The Hall–Kier alpha value is -4.26. The molecule has 6 rings (SSSR count). The maximum atomic E-state index is 14.3. The molecule has 0 N–H and O–H groups in total. The summed E-state index contributed by atoms with van der Waals surface area (Å²) in [5, 5.41) is 0.638. The zero-order valence-electron chi connectivity index (χ0n) is 23.8. The van der Waals surface area contributed by atoms with Gasteiger partial charge in [-0.05, 0) is 70.9 Å². The first-order valence-corrected chi connectivity index (χ1v) is 15.1. The fraction of sp³-hybridized carbons (Fsp3) is 0.139. The lowest BCUT2D eigenvalue weighted by molar-refractivity contribution is 0.0968. The smallest absolute Gasteiger partial charge is 0.262 e. The van der Waals surface area contributed by atoms with Gasteiger partial charge in [-0.15, -0.1) is 0 Å². The van der Waals surface area contributed by atoms with Crippen LogP contribution in [0.4, 0.5) is 11.4 Å². The molecule has 1 heterocycles. The second-order valence-corrected chi connectivity index (χ2v) is 11.7. The number of aryl methyl sites for hydroxylation is 1. The molecule has 0 aliphatic carbocycles. The van der Waals surface area contributed by atoms with Crippen molar-refractivity contribution in [2.75, 3.05) is 16.9 Å². The number of benzene rings is 5. The van der Waals surface area contributed by atoms with Crippen LogP contribution >= 0.6 is 27.5 Å². The second-order valence-electron chi connectivity index (χ2n) is 10.4. The highest BCUT2D eigenvalue weighted by molar-refractivity contribution is 9.10.